The summed E-state index contributed by atoms with van der Waals surface area (Å²) < 4.78 is 0.922. The third-order valence-electron chi connectivity index (χ3n) is 3.57. The van der Waals surface area contributed by atoms with Crippen LogP contribution in [0.4, 0.5) is 11.4 Å². The second-order valence-electron chi connectivity index (χ2n) is 5.47. The topological polar surface area (TPSA) is 117 Å². The molecule has 0 saturated heterocycles. The summed E-state index contributed by atoms with van der Waals surface area (Å²) in [6.45, 7) is 1.84. The van der Waals surface area contributed by atoms with E-state index in [4.69, 9.17) is 11.6 Å². The molecule has 2 aromatic rings. The lowest BCUT2D eigenvalue weighted by molar-refractivity contribution is -0.385. The van der Waals surface area contributed by atoms with Crippen molar-refractivity contribution in [1.29, 1.82) is 0 Å². The summed E-state index contributed by atoms with van der Waals surface area (Å²) in [6.07, 6.45) is 1.60. The Labute approximate surface area is 168 Å². The molecule has 3 N–H and O–H groups in total. The molecule has 0 bridgehead atoms. The lowest BCUT2D eigenvalue weighted by Gasteiger charge is -2.16. The van der Waals surface area contributed by atoms with E-state index in [0.29, 0.717) is 6.42 Å². The van der Waals surface area contributed by atoms with Gasteiger partial charge in [-0.25, -0.2) is 5.43 Å². The second-order valence-corrected chi connectivity index (χ2v) is 6.82. The summed E-state index contributed by atoms with van der Waals surface area (Å²) in [5.74, 6) is -0.977. The summed E-state index contributed by atoms with van der Waals surface area (Å²) in [6, 6.07) is 9.14. The summed E-state index contributed by atoms with van der Waals surface area (Å²) in [7, 11) is 0. The van der Waals surface area contributed by atoms with E-state index in [1.807, 2.05) is 31.2 Å². The van der Waals surface area contributed by atoms with Gasteiger partial charge in [-0.15, -0.1) is 0 Å². The van der Waals surface area contributed by atoms with Gasteiger partial charge in [0.25, 0.3) is 5.91 Å². The number of hydrogen-bond donors (Lipinski definition) is 3. The number of benzene rings is 2. The Morgan fingerprint density at radius 3 is 2.67 bits per heavy atom. The largest absolute Gasteiger partial charge is 0.502 e. The molecule has 2 rings (SSSR count). The average molecular weight is 456 g/mol. The van der Waals surface area contributed by atoms with Gasteiger partial charge in [0, 0.05) is 26.8 Å². The van der Waals surface area contributed by atoms with Gasteiger partial charge in [-0.05, 0) is 36.8 Å². The Bertz CT molecular complexity index is 874. The van der Waals surface area contributed by atoms with E-state index in [1.165, 1.54) is 6.07 Å². The van der Waals surface area contributed by atoms with Crippen LogP contribution >= 0.6 is 27.5 Å². The van der Waals surface area contributed by atoms with Crippen LogP contribution in [0.3, 0.4) is 0 Å². The fourth-order valence-corrected chi connectivity index (χ4v) is 2.67. The molecule has 8 nitrogen and oxygen atoms in total. The van der Waals surface area contributed by atoms with Crippen molar-refractivity contribution in [2.75, 3.05) is 5.32 Å². The summed E-state index contributed by atoms with van der Waals surface area (Å²) in [4.78, 5) is 22.4. The number of carbonyl (C=O) groups is 1. The number of nitro benzene ring substituents is 1. The normalized spacial score (nSPS) is 12.0. The molecule has 10 heteroatoms. The molecule has 1 amide bonds. The number of aromatic hydroxyl groups is 1. The molecule has 0 aliphatic heterocycles. The predicted molar refractivity (Wildman–Crippen MR) is 107 cm³/mol. The second kappa shape index (κ2) is 9.33. The first-order valence-corrected chi connectivity index (χ1v) is 9.00. The van der Waals surface area contributed by atoms with Gasteiger partial charge in [0.1, 0.15) is 6.04 Å². The summed E-state index contributed by atoms with van der Waals surface area (Å²) in [5.41, 5.74) is 2.59. The van der Waals surface area contributed by atoms with Gasteiger partial charge < -0.3 is 10.4 Å². The van der Waals surface area contributed by atoms with Crippen LogP contribution in [0.2, 0.25) is 5.02 Å². The highest BCUT2D eigenvalue weighted by Gasteiger charge is 2.18. The zero-order valence-electron chi connectivity index (χ0n) is 14.1. The molecule has 0 saturated carbocycles. The van der Waals surface area contributed by atoms with Crippen LogP contribution in [0.5, 0.6) is 5.75 Å². The van der Waals surface area contributed by atoms with Gasteiger partial charge in [-0.3, -0.25) is 14.9 Å². The smallest absolute Gasteiger partial charge is 0.312 e. The first-order chi connectivity index (χ1) is 12.8. The third kappa shape index (κ3) is 5.66. The Morgan fingerprint density at radius 1 is 1.41 bits per heavy atom. The van der Waals surface area contributed by atoms with Crippen molar-refractivity contribution in [1.82, 2.24) is 5.43 Å². The maximum atomic E-state index is 12.3. The predicted octanol–water partition coefficient (Wildman–Crippen LogP) is 4.06. The lowest BCUT2D eigenvalue weighted by Crippen LogP contribution is -2.36. The molecular weight excluding hydrogens is 440 g/mol. The number of nitro groups is 1. The SMILES string of the molecule is CCC(Nc1ccc(Br)cc1)C(=O)N/N=C/c1cc(Cl)cc([N+](=O)[O-])c1O. The van der Waals surface area contributed by atoms with Crippen LogP contribution in [0, 0.1) is 10.1 Å². The monoisotopic (exact) mass is 454 g/mol. The molecule has 142 valence electrons. The van der Waals surface area contributed by atoms with Crippen molar-refractivity contribution in [3.63, 3.8) is 0 Å². The first kappa shape index (κ1) is 20.7. The fraction of sp³-hybridized carbons (Fsp3) is 0.176. The molecule has 0 aliphatic carbocycles. The standard InChI is InChI=1S/C17H16BrClN4O4/c1-2-14(21-13-5-3-11(18)4-6-13)17(25)22-20-9-10-7-12(19)8-15(16(10)24)23(26)27/h3-9,14,21,24H,2H2,1H3,(H,22,25)/b20-9+. The molecule has 0 radical (unpaired) electrons. The van der Waals surface area contributed by atoms with E-state index in [2.05, 4.69) is 31.8 Å². The highest BCUT2D eigenvalue weighted by Crippen LogP contribution is 2.32. The van der Waals surface area contributed by atoms with Crippen LogP contribution in [0.1, 0.15) is 18.9 Å². The number of phenolic OH excluding ortho intramolecular Hbond substituents is 1. The van der Waals surface area contributed by atoms with Crippen molar-refractivity contribution in [2.24, 2.45) is 5.10 Å². The van der Waals surface area contributed by atoms with E-state index in [1.54, 1.807) is 0 Å². The van der Waals surface area contributed by atoms with Gasteiger partial charge in [0.15, 0.2) is 0 Å². The van der Waals surface area contributed by atoms with Crippen molar-refractivity contribution >= 4 is 51.0 Å². The maximum Gasteiger partial charge on any atom is 0.312 e. The number of amides is 1. The van der Waals surface area contributed by atoms with E-state index < -0.39 is 28.3 Å². The Hall–Kier alpha value is -2.65. The quantitative estimate of drug-likeness (QED) is 0.331. The lowest BCUT2D eigenvalue weighted by atomic mass is 10.2. The zero-order valence-corrected chi connectivity index (χ0v) is 16.5. The fourth-order valence-electron chi connectivity index (χ4n) is 2.19. The molecule has 0 heterocycles. The van der Waals surface area contributed by atoms with E-state index in [-0.39, 0.29) is 10.6 Å². The maximum absolute atomic E-state index is 12.3. The number of carbonyl (C=O) groups excluding carboxylic acids is 1. The number of anilines is 1. The molecule has 2 aromatic carbocycles. The van der Waals surface area contributed by atoms with Crippen molar-refractivity contribution in [3.05, 3.63) is 61.6 Å². The number of nitrogens with zero attached hydrogens (tertiary/aromatic N) is 2. The van der Waals surface area contributed by atoms with Crippen LogP contribution in [-0.4, -0.2) is 28.2 Å². The Balaban J connectivity index is 2.07. The van der Waals surface area contributed by atoms with Gasteiger partial charge in [-0.2, -0.15) is 5.10 Å². The minimum Gasteiger partial charge on any atom is -0.502 e. The molecule has 0 fully saturated rings. The molecule has 1 unspecified atom stereocenters. The van der Waals surface area contributed by atoms with Gasteiger partial charge in [-0.1, -0.05) is 34.5 Å². The first-order valence-electron chi connectivity index (χ1n) is 7.83. The number of halogens is 2. The van der Waals surface area contributed by atoms with Crippen LogP contribution in [0.25, 0.3) is 0 Å². The van der Waals surface area contributed by atoms with Gasteiger partial charge in [0.05, 0.1) is 11.1 Å². The molecule has 0 aromatic heterocycles. The van der Waals surface area contributed by atoms with Crippen molar-refractivity contribution in [3.8, 4) is 5.75 Å². The zero-order chi connectivity index (χ0) is 20.0. The molecule has 27 heavy (non-hydrogen) atoms. The number of hydrazone groups is 1. The minimum atomic E-state index is -0.758. The van der Waals surface area contributed by atoms with Gasteiger partial charge >= 0.3 is 5.69 Å². The molecule has 1 atom stereocenters. The number of hydrogen-bond acceptors (Lipinski definition) is 6. The van der Waals surface area contributed by atoms with Crippen molar-refractivity contribution < 1.29 is 14.8 Å². The van der Waals surface area contributed by atoms with Crippen LogP contribution in [0.15, 0.2) is 46.0 Å². The number of phenols is 1. The highest BCUT2D eigenvalue weighted by molar-refractivity contribution is 9.10. The van der Waals surface area contributed by atoms with E-state index in [9.17, 15) is 20.0 Å². The average Bonchev–Trinajstić information content (AvgIpc) is 2.63. The Morgan fingerprint density at radius 2 is 2.07 bits per heavy atom. The van der Waals surface area contributed by atoms with Crippen molar-refractivity contribution in [2.45, 2.75) is 19.4 Å². The molecule has 0 aliphatic rings. The number of rotatable bonds is 7. The minimum absolute atomic E-state index is 0.0171. The third-order valence-corrected chi connectivity index (χ3v) is 4.32. The summed E-state index contributed by atoms with van der Waals surface area (Å²) >= 11 is 9.14. The van der Waals surface area contributed by atoms with E-state index >= 15 is 0 Å². The highest BCUT2D eigenvalue weighted by atomic mass is 79.9. The van der Waals surface area contributed by atoms with Gasteiger partial charge in [0.2, 0.25) is 5.75 Å². The molecular formula is C17H16BrClN4O4. The number of nitrogens with one attached hydrogen (secondary N) is 2. The van der Waals surface area contributed by atoms with Crippen LogP contribution in [-0.2, 0) is 4.79 Å². The summed E-state index contributed by atoms with van der Waals surface area (Å²) in [5, 5.41) is 27.7. The van der Waals surface area contributed by atoms with Crippen LogP contribution < -0.4 is 10.7 Å². The van der Waals surface area contributed by atoms with E-state index in [0.717, 1.165) is 22.4 Å². The Kier molecular flexibility index (Phi) is 7.14. The molecule has 0 spiro atoms.